The van der Waals surface area contributed by atoms with Crippen LogP contribution in [0, 0.1) is 0 Å². The van der Waals surface area contributed by atoms with Gasteiger partial charge in [0, 0.05) is 11.1 Å². The van der Waals surface area contributed by atoms with E-state index < -0.39 is 0 Å². The summed E-state index contributed by atoms with van der Waals surface area (Å²) >= 11 is 0. The summed E-state index contributed by atoms with van der Waals surface area (Å²) in [6.45, 7) is 6.94. The topological polar surface area (TPSA) is 50.4 Å². The Morgan fingerprint density at radius 1 is 1.39 bits per heavy atom. The number of rotatable bonds is 3. The minimum Gasteiger partial charge on any atom is -0.491 e. The fraction of sp³-hybridized carbons (Fsp3) is 0.500. The first-order valence-electron chi connectivity index (χ1n) is 6.22. The number of fused-ring (bicyclic) bond motifs is 1. The van der Waals surface area contributed by atoms with E-state index in [9.17, 15) is 4.79 Å². The Morgan fingerprint density at radius 2 is 2.11 bits per heavy atom. The molecule has 1 heterocycles. The van der Waals surface area contributed by atoms with E-state index in [4.69, 9.17) is 4.74 Å². The van der Waals surface area contributed by atoms with Crippen LogP contribution in [0.15, 0.2) is 24.3 Å². The second-order valence-corrected chi connectivity index (χ2v) is 5.57. The highest BCUT2D eigenvalue weighted by molar-refractivity contribution is 5.78. The molecule has 18 heavy (non-hydrogen) atoms. The highest BCUT2D eigenvalue weighted by Crippen LogP contribution is 2.31. The number of amides is 1. The van der Waals surface area contributed by atoms with E-state index in [1.165, 1.54) is 0 Å². The lowest BCUT2D eigenvalue weighted by atomic mass is 10.1. The van der Waals surface area contributed by atoms with Crippen LogP contribution in [0.5, 0.6) is 5.75 Å². The Morgan fingerprint density at radius 3 is 2.83 bits per heavy atom. The quantitative estimate of drug-likeness (QED) is 0.854. The van der Waals surface area contributed by atoms with Gasteiger partial charge in [-0.15, -0.1) is 0 Å². The van der Waals surface area contributed by atoms with Crippen molar-refractivity contribution in [2.45, 2.75) is 32.4 Å². The number of hydrogen-bond acceptors (Lipinski definition) is 3. The fourth-order valence-corrected chi connectivity index (χ4v) is 1.87. The number of para-hydroxylation sites is 1. The van der Waals surface area contributed by atoms with E-state index in [2.05, 4.69) is 10.6 Å². The first-order chi connectivity index (χ1) is 8.46. The number of carbonyl (C=O) groups excluding carboxylic acids is 1. The molecule has 2 N–H and O–H groups in total. The van der Waals surface area contributed by atoms with Crippen molar-refractivity contribution in [3.63, 3.8) is 0 Å². The summed E-state index contributed by atoms with van der Waals surface area (Å²) in [6, 6.07) is 7.78. The molecule has 0 radical (unpaired) electrons. The van der Waals surface area contributed by atoms with Crippen LogP contribution < -0.4 is 15.4 Å². The molecule has 4 heteroatoms. The zero-order valence-electron chi connectivity index (χ0n) is 11.1. The monoisotopic (exact) mass is 248 g/mol. The molecule has 1 amide bonds. The third kappa shape index (κ3) is 3.23. The second-order valence-electron chi connectivity index (χ2n) is 5.57. The van der Waals surface area contributed by atoms with Crippen LogP contribution in [0.3, 0.4) is 0 Å². The number of ether oxygens (including phenoxy) is 1. The molecular weight excluding hydrogens is 228 g/mol. The maximum absolute atomic E-state index is 11.8. The molecular formula is C14H20N2O2. The van der Waals surface area contributed by atoms with Gasteiger partial charge < -0.3 is 15.4 Å². The zero-order valence-corrected chi connectivity index (χ0v) is 11.1. The van der Waals surface area contributed by atoms with E-state index in [1.54, 1.807) is 0 Å². The SMILES string of the molecule is CC(C)(C)NCC(=O)NC1COc2ccccc21. The Balaban J connectivity index is 1.90. The molecule has 98 valence electrons. The van der Waals surface area contributed by atoms with Gasteiger partial charge in [-0.1, -0.05) is 18.2 Å². The Hall–Kier alpha value is -1.55. The molecule has 0 spiro atoms. The summed E-state index contributed by atoms with van der Waals surface area (Å²) < 4.78 is 5.52. The maximum atomic E-state index is 11.8. The number of carbonyl (C=O) groups is 1. The lowest BCUT2D eigenvalue weighted by Gasteiger charge is -2.21. The summed E-state index contributed by atoms with van der Waals surface area (Å²) in [7, 11) is 0. The van der Waals surface area contributed by atoms with Gasteiger partial charge in [-0.25, -0.2) is 0 Å². The molecule has 0 fully saturated rings. The van der Waals surface area contributed by atoms with Crippen molar-refractivity contribution in [3.8, 4) is 5.75 Å². The van der Waals surface area contributed by atoms with Crippen molar-refractivity contribution in [1.82, 2.24) is 10.6 Å². The smallest absolute Gasteiger partial charge is 0.234 e. The van der Waals surface area contributed by atoms with Gasteiger partial charge in [0.05, 0.1) is 12.6 Å². The van der Waals surface area contributed by atoms with E-state index in [0.29, 0.717) is 13.2 Å². The Bertz CT molecular complexity index is 438. The molecule has 1 unspecified atom stereocenters. The number of hydrogen-bond donors (Lipinski definition) is 2. The summed E-state index contributed by atoms with van der Waals surface area (Å²) in [5.74, 6) is 0.863. The van der Waals surface area contributed by atoms with Crippen LogP contribution >= 0.6 is 0 Å². The van der Waals surface area contributed by atoms with E-state index in [0.717, 1.165) is 11.3 Å². The van der Waals surface area contributed by atoms with Gasteiger partial charge in [-0.3, -0.25) is 4.79 Å². The Labute approximate surface area is 108 Å². The maximum Gasteiger partial charge on any atom is 0.234 e. The standard InChI is InChI=1S/C14H20N2O2/c1-14(2,3)15-8-13(17)16-11-9-18-12-7-5-4-6-10(11)12/h4-7,11,15H,8-9H2,1-3H3,(H,16,17). The second kappa shape index (κ2) is 4.98. The average Bonchev–Trinajstić information content (AvgIpc) is 2.70. The largest absolute Gasteiger partial charge is 0.491 e. The van der Waals surface area contributed by atoms with E-state index in [1.807, 2.05) is 45.0 Å². The Kier molecular flexibility index (Phi) is 3.57. The minimum atomic E-state index is -0.0541. The van der Waals surface area contributed by atoms with Crippen LogP contribution in [0.1, 0.15) is 32.4 Å². The molecule has 0 bridgehead atoms. The molecule has 0 saturated carbocycles. The minimum absolute atomic E-state index is 0.00442. The van der Waals surface area contributed by atoms with Gasteiger partial charge >= 0.3 is 0 Å². The molecule has 4 nitrogen and oxygen atoms in total. The van der Waals surface area contributed by atoms with E-state index in [-0.39, 0.29) is 17.5 Å². The fourth-order valence-electron chi connectivity index (χ4n) is 1.87. The first-order valence-corrected chi connectivity index (χ1v) is 6.22. The van der Waals surface area contributed by atoms with Gasteiger partial charge in [-0.2, -0.15) is 0 Å². The summed E-state index contributed by atoms with van der Waals surface area (Å²) in [5.41, 5.74) is 1.00. The first kappa shape index (κ1) is 12.9. The van der Waals surface area contributed by atoms with Crippen LogP contribution in [-0.4, -0.2) is 24.6 Å². The average molecular weight is 248 g/mol. The molecule has 1 aliphatic rings. The molecule has 0 aromatic heterocycles. The number of benzene rings is 1. The van der Waals surface area contributed by atoms with Gasteiger partial charge in [0.2, 0.25) is 5.91 Å². The van der Waals surface area contributed by atoms with Crippen molar-refractivity contribution in [1.29, 1.82) is 0 Å². The lowest BCUT2D eigenvalue weighted by Crippen LogP contribution is -2.44. The molecule has 1 aliphatic heterocycles. The highest BCUT2D eigenvalue weighted by atomic mass is 16.5. The molecule has 1 atom stereocenters. The molecule has 0 aliphatic carbocycles. The number of nitrogens with one attached hydrogen (secondary N) is 2. The highest BCUT2D eigenvalue weighted by Gasteiger charge is 2.25. The molecule has 2 rings (SSSR count). The lowest BCUT2D eigenvalue weighted by molar-refractivity contribution is -0.121. The van der Waals surface area contributed by atoms with Gasteiger partial charge in [0.1, 0.15) is 12.4 Å². The van der Waals surface area contributed by atoms with Gasteiger partial charge in [-0.05, 0) is 26.8 Å². The van der Waals surface area contributed by atoms with Crippen molar-refractivity contribution < 1.29 is 9.53 Å². The van der Waals surface area contributed by atoms with Crippen molar-refractivity contribution in [3.05, 3.63) is 29.8 Å². The molecule has 1 aromatic carbocycles. The van der Waals surface area contributed by atoms with Gasteiger partial charge in [0.15, 0.2) is 0 Å². The summed E-state index contributed by atoms with van der Waals surface area (Å²) in [5, 5.41) is 6.15. The van der Waals surface area contributed by atoms with Crippen LogP contribution in [0.2, 0.25) is 0 Å². The zero-order chi connectivity index (χ0) is 13.2. The van der Waals surface area contributed by atoms with E-state index >= 15 is 0 Å². The predicted molar refractivity (Wildman–Crippen MR) is 70.6 cm³/mol. The van der Waals surface area contributed by atoms with Crippen LogP contribution in [-0.2, 0) is 4.79 Å². The predicted octanol–water partition coefficient (Wildman–Crippen LogP) is 1.62. The summed E-state index contributed by atoms with van der Waals surface area (Å²) in [4.78, 5) is 11.8. The van der Waals surface area contributed by atoms with Crippen molar-refractivity contribution >= 4 is 5.91 Å². The summed E-state index contributed by atoms with van der Waals surface area (Å²) in [6.07, 6.45) is 0. The molecule has 0 saturated heterocycles. The van der Waals surface area contributed by atoms with Crippen molar-refractivity contribution in [2.24, 2.45) is 0 Å². The third-order valence-electron chi connectivity index (χ3n) is 2.81. The normalized spacial score (nSPS) is 18.1. The van der Waals surface area contributed by atoms with Crippen molar-refractivity contribution in [2.75, 3.05) is 13.2 Å². The molecule has 1 aromatic rings. The third-order valence-corrected chi connectivity index (χ3v) is 2.81. The van der Waals surface area contributed by atoms with Crippen LogP contribution in [0.4, 0.5) is 0 Å². The van der Waals surface area contributed by atoms with Gasteiger partial charge in [0.25, 0.3) is 0 Å². The van der Waals surface area contributed by atoms with Crippen LogP contribution in [0.25, 0.3) is 0 Å².